The van der Waals surface area contributed by atoms with Crippen molar-refractivity contribution in [3.8, 4) is 17.2 Å². The van der Waals surface area contributed by atoms with Crippen molar-refractivity contribution in [2.75, 3.05) is 14.2 Å². The molecule has 1 aliphatic heterocycles. The van der Waals surface area contributed by atoms with Crippen molar-refractivity contribution in [3.63, 3.8) is 0 Å². The van der Waals surface area contributed by atoms with Crippen molar-refractivity contribution >= 4 is 40.7 Å². The summed E-state index contributed by atoms with van der Waals surface area (Å²) >= 11 is 12.7. The summed E-state index contributed by atoms with van der Waals surface area (Å²) in [7, 11) is 2.75. The molecule has 1 unspecified atom stereocenters. The van der Waals surface area contributed by atoms with E-state index in [0.29, 0.717) is 5.56 Å². The van der Waals surface area contributed by atoms with E-state index in [1.165, 1.54) is 37.3 Å². The largest absolute Gasteiger partial charge is 0.508 e. The van der Waals surface area contributed by atoms with E-state index >= 15 is 0 Å². The number of methoxy groups -OCH3 is 2. The minimum absolute atomic E-state index is 0.0161. The van der Waals surface area contributed by atoms with Crippen LogP contribution in [-0.2, 0) is 9.59 Å². The average molecular weight is 492 g/mol. The van der Waals surface area contributed by atoms with Gasteiger partial charge in [0.2, 0.25) is 0 Å². The fourth-order valence-corrected chi connectivity index (χ4v) is 5.41. The van der Waals surface area contributed by atoms with E-state index in [1.807, 2.05) is 0 Å². The third kappa shape index (κ3) is 3.89. The van der Waals surface area contributed by atoms with Crippen LogP contribution in [0.4, 0.5) is 0 Å². The van der Waals surface area contributed by atoms with E-state index in [2.05, 4.69) is 0 Å². The van der Waals surface area contributed by atoms with E-state index < -0.39 is 23.5 Å². The van der Waals surface area contributed by atoms with Crippen molar-refractivity contribution in [3.05, 3.63) is 57.1 Å². The summed E-state index contributed by atoms with van der Waals surface area (Å²) in [5.41, 5.74) is 0.447. The number of hydrogen-bond donors (Lipinski definition) is 2. The van der Waals surface area contributed by atoms with Crippen LogP contribution in [0.5, 0.6) is 17.2 Å². The molecule has 1 aliphatic carbocycles. The number of aromatic hydroxyl groups is 1. The number of aliphatic hydroxyl groups excluding tert-OH is 1. The van der Waals surface area contributed by atoms with Crippen molar-refractivity contribution in [1.29, 1.82) is 0 Å². The molecule has 0 bridgehead atoms. The molecule has 2 aliphatic rings. The Morgan fingerprint density at radius 2 is 1.73 bits per heavy atom. The summed E-state index contributed by atoms with van der Waals surface area (Å²) < 4.78 is 10.6. The summed E-state index contributed by atoms with van der Waals surface area (Å²) in [5.74, 6) is -1.79. The zero-order valence-electron chi connectivity index (χ0n) is 18.1. The molecule has 2 aromatic rings. The van der Waals surface area contributed by atoms with Crippen LogP contribution in [0.1, 0.15) is 42.9 Å². The number of nitrogens with zero attached hydrogens (tertiary/aromatic N) is 1. The maximum atomic E-state index is 13.2. The number of phenolic OH excluding ortho intramolecular Hbond substituents is 1. The molecule has 1 amide bonds. The van der Waals surface area contributed by atoms with E-state index in [-0.39, 0.29) is 44.5 Å². The van der Waals surface area contributed by atoms with Gasteiger partial charge in [0, 0.05) is 6.04 Å². The lowest BCUT2D eigenvalue weighted by atomic mass is 9.94. The van der Waals surface area contributed by atoms with Crippen LogP contribution in [0.2, 0.25) is 10.0 Å². The van der Waals surface area contributed by atoms with Crippen molar-refractivity contribution in [2.45, 2.75) is 37.8 Å². The molecule has 1 atom stereocenters. The molecule has 7 nitrogen and oxygen atoms in total. The number of carbonyl (C=O) groups excluding carboxylic acids is 2. The molecule has 4 rings (SSSR count). The van der Waals surface area contributed by atoms with Crippen LogP contribution in [-0.4, -0.2) is 47.1 Å². The third-order valence-corrected chi connectivity index (χ3v) is 6.80. The van der Waals surface area contributed by atoms with Crippen molar-refractivity contribution in [1.82, 2.24) is 4.90 Å². The van der Waals surface area contributed by atoms with Gasteiger partial charge in [-0.1, -0.05) is 48.2 Å². The number of hydrogen-bond acceptors (Lipinski definition) is 6. The first-order valence-electron chi connectivity index (χ1n) is 10.5. The van der Waals surface area contributed by atoms with Gasteiger partial charge in [-0.3, -0.25) is 9.59 Å². The Balaban J connectivity index is 1.97. The van der Waals surface area contributed by atoms with Gasteiger partial charge in [-0.05, 0) is 36.6 Å². The highest BCUT2D eigenvalue weighted by Crippen LogP contribution is 2.48. The molecule has 0 spiro atoms. The predicted octanol–water partition coefficient (Wildman–Crippen LogP) is 5.08. The molecule has 1 saturated carbocycles. The van der Waals surface area contributed by atoms with Gasteiger partial charge in [0.25, 0.3) is 11.7 Å². The highest BCUT2D eigenvalue weighted by atomic mass is 35.5. The van der Waals surface area contributed by atoms with Gasteiger partial charge in [0.15, 0.2) is 11.5 Å². The first-order chi connectivity index (χ1) is 15.8. The van der Waals surface area contributed by atoms with Gasteiger partial charge in [-0.15, -0.1) is 0 Å². The Labute approximate surface area is 201 Å². The minimum atomic E-state index is -0.885. The number of Topliss-reactive ketones (excluding diaryl/α,β-unsaturated/α-hetero) is 1. The lowest BCUT2D eigenvalue weighted by Gasteiger charge is -2.31. The number of rotatable bonds is 5. The molecule has 0 aromatic heterocycles. The molecule has 2 N–H and O–H groups in total. The first kappa shape index (κ1) is 23.3. The van der Waals surface area contributed by atoms with Crippen LogP contribution in [0.3, 0.4) is 0 Å². The van der Waals surface area contributed by atoms with Crippen molar-refractivity contribution in [2.24, 2.45) is 0 Å². The molecule has 9 heteroatoms. The fraction of sp³-hybridized carbons (Fsp3) is 0.333. The van der Waals surface area contributed by atoms with Gasteiger partial charge in [-0.25, -0.2) is 0 Å². The normalized spacial score (nSPS) is 20.5. The van der Waals surface area contributed by atoms with Crippen molar-refractivity contribution < 1.29 is 29.3 Å². The van der Waals surface area contributed by atoms with Gasteiger partial charge < -0.3 is 24.6 Å². The lowest BCUT2D eigenvalue weighted by molar-refractivity contribution is -0.141. The molecular formula is C24H23Cl2NO6. The highest BCUT2D eigenvalue weighted by Gasteiger charge is 2.49. The number of ketones is 1. The minimum Gasteiger partial charge on any atom is -0.508 e. The smallest absolute Gasteiger partial charge is 0.295 e. The van der Waals surface area contributed by atoms with Gasteiger partial charge in [-0.2, -0.15) is 0 Å². The molecular weight excluding hydrogens is 469 g/mol. The van der Waals surface area contributed by atoms with Crippen LogP contribution >= 0.6 is 23.2 Å². The Hall–Kier alpha value is -2.90. The Morgan fingerprint density at radius 1 is 1.06 bits per heavy atom. The van der Waals surface area contributed by atoms with Gasteiger partial charge in [0.05, 0.1) is 36.4 Å². The number of likely N-dealkylation sites (tertiary alicyclic amines) is 1. The zero-order valence-corrected chi connectivity index (χ0v) is 19.6. The topological polar surface area (TPSA) is 96.3 Å². The summed E-state index contributed by atoms with van der Waals surface area (Å²) in [6.07, 6.45) is 3.40. The number of carbonyl (C=O) groups is 2. The average Bonchev–Trinajstić information content (AvgIpc) is 3.40. The summed E-state index contributed by atoms with van der Waals surface area (Å²) in [4.78, 5) is 27.9. The molecule has 33 heavy (non-hydrogen) atoms. The molecule has 1 heterocycles. The summed E-state index contributed by atoms with van der Waals surface area (Å²) in [5, 5.41) is 21.6. The molecule has 174 valence electrons. The zero-order chi connectivity index (χ0) is 23.9. The second-order valence-corrected chi connectivity index (χ2v) is 8.81. The Kier molecular flexibility index (Phi) is 6.45. The van der Waals surface area contributed by atoms with E-state index in [1.54, 1.807) is 12.1 Å². The number of phenols is 1. The first-order valence-corrected chi connectivity index (χ1v) is 11.2. The van der Waals surface area contributed by atoms with Crippen LogP contribution < -0.4 is 9.47 Å². The number of amides is 1. The Morgan fingerprint density at radius 3 is 2.33 bits per heavy atom. The maximum absolute atomic E-state index is 13.2. The molecule has 2 aromatic carbocycles. The predicted molar refractivity (Wildman–Crippen MR) is 124 cm³/mol. The van der Waals surface area contributed by atoms with Gasteiger partial charge >= 0.3 is 0 Å². The van der Waals surface area contributed by atoms with Crippen LogP contribution in [0, 0.1) is 0 Å². The Bertz CT molecular complexity index is 1160. The number of halogens is 2. The van der Waals surface area contributed by atoms with E-state index in [0.717, 1.165) is 25.7 Å². The molecule has 1 saturated heterocycles. The molecule has 0 radical (unpaired) electrons. The van der Waals surface area contributed by atoms with E-state index in [4.69, 9.17) is 32.7 Å². The second-order valence-electron chi connectivity index (χ2n) is 8.03. The van der Waals surface area contributed by atoms with Crippen LogP contribution in [0.15, 0.2) is 35.9 Å². The number of ether oxygens (including phenoxy) is 2. The van der Waals surface area contributed by atoms with Gasteiger partial charge in [0.1, 0.15) is 16.5 Å². The quantitative estimate of drug-likeness (QED) is 0.343. The van der Waals surface area contributed by atoms with Crippen LogP contribution in [0.25, 0.3) is 5.76 Å². The third-order valence-electron chi connectivity index (χ3n) is 6.18. The van der Waals surface area contributed by atoms with E-state index in [9.17, 15) is 19.8 Å². The monoisotopic (exact) mass is 491 g/mol. The number of aliphatic hydroxyl groups is 1. The summed E-state index contributed by atoms with van der Waals surface area (Å²) in [6.45, 7) is 0. The number of benzene rings is 2. The lowest BCUT2D eigenvalue weighted by Crippen LogP contribution is -2.37. The highest BCUT2D eigenvalue weighted by molar-refractivity contribution is 6.47. The standard InChI is InChI=1S/C24H23Cl2NO6/c1-32-22-15(11-16(25)23(33-2)18(22)26)20(29)17-19(12-6-5-9-14(28)10-12)27(24(31)21(17)30)13-7-3-4-8-13/h5-6,9-11,13,19,28-29H,3-4,7-8H2,1-2H3/b20-17+. The summed E-state index contributed by atoms with van der Waals surface area (Å²) in [6, 6.07) is 6.66. The second kappa shape index (κ2) is 9.15. The molecule has 2 fully saturated rings. The fourth-order valence-electron chi connectivity index (χ4n) is 4.72. The maximum Gasteiger partial charge on any atom is 0.295 e. The SMILES string of the molecule is COc1c(Cl)cc(/C(O)=C2\C(=O)C(=O)N(C3CCCC3)C2c2cccc(O)c2)c(OC)c1Cl.